The van der Waals surface area contributed by atoms with Crippen LogP contribution in [-0.4, -0.2) is 65.8 Å². The van der Waals surface area contributed by atoms with Gasteiger partial charge in [0.2, 0.25) is 5.91 Å². The topological polar surface area (TPSA) is 81.8 Å². The number of hydrogen-bond acceptors (Lipinski definition) is 5. The quantitative estimate of drug-likeness (QED) is 0.423. The third-order valence-corrected chi connectivity index (χ3v) is 8.05. The van der Waals surface area contributed by atoms with Gasteiger partial charge >= 0.3 is 6.18 Å². The number of benzene rings is 2. The lowest BCUT2D eigenvalue weighted by molar-refractivity contribution is -0.217. The number of carbonyl (C=O) groups is 1. The summed E-state index contributed by atoms with van der Waals surface area (Å²) in [7, 11) is 0. The molecule has 0 radical (unpaired) electrons. The molecule has 0 spiro atoms. The van der Waals surface area contributed by atoms with E-state index in [9.17, 15) is 23.1 Å². The Hall–Kier alpha value is -2.62. The first-order chi connectivity index (χ1) is 17.9. The molecule has 2 fully saturated rings. The van der Waals surface area contributed by atoms with Gasteiger partial charge in [0.15, 0.2) is 0 Å². The standard InChI is InChI=1S/C29H39F3N4O2/c1-28(2,29(30,31)32)19-35-16-13-20(14-17-35)18-34-24-11-9-22(10-12-24)21-5-7-23(8-6-21)27(38)36-15-3-4-25(36)26(33)37/h5-12,20,25,27,34,38H,3-4,13-19H2,1-2H3,(H2,33,37)/t25-,27?/m0/s1. The van der Waals surface area contributed by atoms with Crippen molar-refractivity contribution in [1.29, 1.82) is 0 Å². The number of primary amides is 1. The summed E-state index contributed by atoms with van der Waals surface area (Å²) in [5.41, 5.74) is 7.60. The monoisotopic (exact) mass is 532 g/mol. The summed E-state index contributed by atoms with van der Waals surface area (Å²) in [4.78, 5) is 15.4. The van der Waals surface area contributed by atoms with Crippen molar-refractivity contribution in [3.05, 3.63) is 54.1 Å². The second kappa shape index (κ2) is 11.6. The molecule has 2 aromatic carbocycles. The van der Waals surface area contributed by atoms with Gasteiger partial charge in [0, 0.05) is 25.3 Å². The Bertz CT molecular complexity index is 1060. The number of nitrogens with two attached hydrogens (primary N) is 1. The van der Waals surface area contributed by atoms with Crippen LogP contribution in [0.1, 0.15) is 51.3 Å². The molecule has 0 aromatic heterocycles. The number of nitrogens with one attached hydrogen (secondary N) is 1. The van der Waals surface area contributed by atoms with Gasteiger partial charge in [0.25, 0.3) is 0 Å². The number of aliphatic hydroxyl groups is 1. The number of anilines is 1. The van der Waals surface area contributed by atoms with Crippen molar-refractivity contribution in [2.75, 3.05) is 38.0 Å². The average Bonchev–Trinajstić information content (AvgIpc) is 3.38. The Morgan fingerprint density at radius 1 is 1.00 bits per heavy atom. The SMILES string of the molecule is CC(C)(CN1CCC(CNc2ccc(-c3ccc(C(O)N4CCC[C@H]4C(N)=O)cc3)cc2)CC1)C(F)(F)F. The highest BCUT2D eigenvalue weighted by Gasteiger charge is 2.48. The molecule has 2 aliphatic rings. The summed E-state index contributed by atoms with van der Waals surface area (Å²) in [6.45, 7) is 5.41. The molecule has 38 heavy (non-hydrogen) atoms. The lowest BCUT2D eigenvalue weighted by Crippen LogP contribution is -2.46. The van der Waals surface area contributed by atoms with Gasteiger partial charge in [-0.15, -0.1) is 0 Å². The zero-order valence-corrected chi connectivity index (χ0v) is 22.2. The number of likely N-dealkylation sites (tertiary alicyclic amines) is 2. The van der Waals surface area contributed by atoms with E-state index in [1.807, 2.05) is 53.4 Å². The van der Waals surface area contributed by atoms with Crippen LogP contribution < -0.4 is 11.1 Å². The van der Waals surface area contributed by atoms with E-state index < -0.39 is 29.8 Å². The van der Waals surface area contributed by atoms with Crippen LogP contribution in [0, 0.1) is 11.3 Å². The van der Waals surface area contributed by atoms with E-state index in [2.05, 4.69) is 5.32 Å². The van der Waals surface area contributed by atoms with Gasteiger partial charge in [-0.1, -0.05) is 36.4 Å². The number of amides is 1. The molecule has 1 unspecified atom stereocenters. The highest BCUT2D eigenvalue weighted by molar-refractivity contribution is 5.80. The molecule has 208 valence electrons. The van der Waals surface area contributed by atoms with Crippen molar-refractivity contribution in [2.45, 2.75) is 58.0 Å². The number of rotatable bonds is 9. The van der Waals surface area contributed by atoms with Gasteiger partial charge in [0.05, 0.1) is 11.5 Å². The fourth-order valence-corrected chi connectivity index (χ4v) is 5.47. The number of carbonyl (C=O) groups excluding carboxylic acids is 1. The molecule has 2 heterocycles. The number of nitrogens with zero attached hydrogens (tertiary/aromatic N) is 2. The molecule has 6 nitrogen and oxygen atoms in total. The van der Waals surface area contributed by atoms with Crippen LogP contribution in [0.2, 0.25) is 0 Å². The molecule has 2 aliphatic heterocycles. The highest BCUT2D eigenvalue weighted by atomic mass is 19.4. The zero-order valence-electron chi connectivity index (χ0n) is 22.2. The van der Waals surface area contributed by atoms with Crippen LogP contribution in [-0.2, 0) is 4.79 Å². The summed E-state index contributed by atoms with van der Waals surface area (Å²) in [6.07, 6.45) is -1.78. The van der Waals surface area contributed by atoms with Gasteiger partial charge in [-0.25, -0.2) is 0 Å². The lowest BCUT2D eigenvalue weighted by Gasteiger charge is -2.38. The largest absolute Gasteiger partial charge is 0.395 e. The molecule has 4 N–H and O–H groups in total. The minimum Gasteiger partial charge on any atom is -0.385 e. The summed E-state index contributed by atoms with van der Waals surface area (Å²) in [5, 5.41) is 14.2. The van der Waals surface area contributed by atoms with Gasteiger partial charge in [-0.2, -0.15) is 13.2 Å². The molecule has 1 amide bonds. The van der Waals surface area contributed by atoms with Crippen LogP contribution in [0.25, 0.3) is 11.1 Å². The van der Waals surface area contributed by atoms with E-state index in [-0.39, 0.29) is 6.54 Å². The van der Waals surface area contributed by atoms with Crippen molar-refractivity contribution in [2.24, 2.45) is 17.1 Å². The van der Waals surface area contributed by atoms with E-state index in [4.69, 9.17) is 5.73 Å². The predicted octanol–water partition coefficient (Wildman–Crippen LogP) is 5.01. The molecule has 4 rings (SSSR count). The minimum absolute atomic E-state index is 0.0458. The Morgan fingerprint density at radius 2 is 1.58 bits per heavy atom. The number of piperidine rings is 1. The Labute approximate surface area is 223 Å². The van der Waals surface area contributed by atoms with Crippen LogP contribution >= 0.6 is 0 Å². The van der Waals surface area contributed by atoms with Gasteiger partial charge < -0.3 is 21.1 Å². The fraction of sp³-hybridized carbons (Fsp3) is 0.552. The van der Waals surface area contributed by atoms with E-state index in [0.717, 1.165) is 48.2 Å². The Kier molecular flexibility index (Phi) is 8.69. The Balaban J connectivity index is 1.26. The predicted molar refractivity (Wildman–Crippen MR) is 143 cm³/mol. The van der Waals surface area contributed by atoms with Gasteiger partial charge in [0.1, 0.15) is 6.23 Å². The van der Waals surface area contributed by atoms with Crippen molar-refractivity contribution in [3.63, 3.8) is 0 Å². The minimum atomic E-state index is -4.19. The summed E-state index contributed by atoms with van der Waals surface area (Å²) in [6, 6.07) is 15.4. The van der Waals surface area contributed by atoms with Crippen LogP contribution in [0.4, 0.5) is 18.9 Å². The number of alkyl halides is 3. The van der Waals surface area contributed by atoms with Gasteiger partial charge in [-0.3, -0.25) is 9.69 Å². The van der Waals surface area contributed by atoms with Crippen molar-refractivity contribution in [1.82, 2.24) is 9.80 Å². The molecule has 9 heteroatoms. The summed E-state index contributed by atoms with van der Waals surface area (Å²) < 4.78 is 39.6. The van der Waals surface area contributed by atoms with Crippen LogP contribution in [0.15, 0.2) is 48.5 Å². The molecular formula is C29H39F3N4O2. The molecule has 2 saturated heterocycles. The highest BCUT2D eigenvalue weighted by Crippen LogP contribution is 2.38. The smallest absolute Gasteiger partial charge is 0.385 e. The second-order valence-corrected chi connectivity index (χ2v) is 11.4. The molecule has 2 aromatic rings. The molecule has 0 aliphatic carbocycles. The first-order valence-corrected chi connectivity index (χ1v) is 13.4. The van der Waals surface area contributed by atoms with Crippen LogP contribution in [0.3, 0.4) is 0 Å². The fourth-order valence-electron chi connectivity index (χ4n) is 5.47. The molecule has 2 atom stereocenters. The molecule has 0 saturated carbocycles. The molecule has 0 bridgehead atoms. The van der Waals surface area contributed by atoms with Gasteiger partial charge in [-0.05, 0) is 87.4 Å². The lowest BCUT2D eigenvalue weighted by atomic mass is 9.89. The maximum atomic E-state index is 13.2. The van der Waals surface area contributed by atoms with Crippen LogP contribution in [0.5, 0.6) is 0 Å². The zero-order chi connectivity index (χ0) is 27.5. The van der Waals surface area contributed by atoms with E-state index in [0.29, 0.717) is 32.0 Å². The number of halogens is 3. The van der Waals surface area contributed by atoms with E-state index in [1.165, 1.54) is 13.8 Å². The summed E-state index contributed by atoms with van der Waals surface area (Å²) in [5.74, 6) is 0.0333. The van der Waals surface area contributed by atoms with Crippen molar-refractivity contribution in [3.8, 4) is 11.1 Å². The average molecular weight is 533 g/mol. The van der Waals surface area contributed by atoms with Crippen molar-refractivity contribution < 1.29 is 23.1 Å². The first-order valence-electron chi connectivity index (χ1n) is 13.4. The third-order valence-electron chi connectivity index (χ3n) is 8.05. The normalized spacial score (nSPS) is 20.9. The number of aliphatic hydroxyl groups excluding tert-OH is 1. The Morgan fingerprint density at radius 3 is 2.13 bits per heavy atom. The van der Waals surface area contributed by atoms with E-state index in [1.54, 1.807) is 4.90 Å². The number of hydrogen-bond donors (Lipinski definition) is 3. The second-order valence-electron chi connectivity index (χ2n) is 11.4. The van der Waals surface area contributed by atoms with Crippen molar-refractivity contribution >= 4 is 11.6 Å². The first kappa shape index (κ1) is 28.4. The molecular weight excluding hydrogens is 493 g/mol. The van der Waals surface area contributed by atoms with E-state index >= 15 is 0 Å². The maximum absolute atomic E-state index is 13.2. The third kappa shape index (κ3) is 6.68. The maximum Gasteiger partial charge on any atom is 0.395 e. The summed E-state index contributed by atoms with van der Waals surface area (Å²) >= 11 is 0.